The molecule has 1 aromatic carbocycles. The molecule has 3 nitrogen and oxygen atoms in total. The Labute approximate surface area is 112 Å². The van der Waals surface area contributed by atoms with E-state index in [1.165, 1.54) is 32.4 Å². The van der Waals surface area contributed by atoms with E-state index in [1.54, 1.807) is 6.07 Å². The van der Waals surface area contributed by atoms with Crippen molar-refractivity contribution < 1.29 is 9.13 Å². The first-order chi connectivity index (χ1) is 9.19. The number of rotatable bonds is 3. The number of hydrogen-bond acceptors (Lipinski definition) is 3. The predicted molar refractivity (Wildman–Crippen MR) is 72.6 cm³/mol. The van der Waals surface area contributed by atoms with Gasteiger partial charge in [-0.25, -0.2) is 4.39 Å². The molecule has 3 N–H and O–H groups in total. The van der Waals surface area contributed by atoms with Gasteiger partial charge in [-0.3, -0.25) is 0 Å². The highest BCUT2D eigenvalue weighted by molar-refractivity contribution is 5.69. The zero-order valence-electron chi connectivity index (χ0n) is 11.0. The van der Waals surface area contributed by atoms with Gasteiger partial charge in [-0.15, -0.1) is 0 Å². The first-order valence-corrected chi connectivity index (χ1v) is 7.08. The van der Waals surface area contributed by atoms with Gasteiger partial charge in [0.25, 0.3) is 0 Å². The molecule has 0 spiro atoms. The van der Waals surface area contributed by atoms with Crippen molar-refractivity contribution in [3.63, 3.8) is 0 Å². The summed E-state index contributed by atoms with van der Waals surface area (Å²) < 4.78 is 18.5. The summed E-state index contributed by atoms with van der Waals surface area (Å²) in [6.45, 7) is 0. The second-order valence-corrected chi connectivity index (χ2v) is 6.23. The molecule has 0 amide bonds. The lowest BCUT2D eigenvalue weighted by atomic mass is 10.0. The molecule has 0 aliphatic heterocycles. The molecule has 3 aliphatic rings. The summed E-state index contributed by atoms with van der Waals surface area (Å²) >= 11 is 0. The van der Waals surface area contributed by atoms with Crippen LogP contribution >= 0.6 is 0 Å². The molecule has 0 aromatic heterocycles. The van der Waals surface area contributed by atoms with Gasteiger partial charge in [-0.05, 0) is 42.9 Å². The van der Waals surface area contributed by atoms with Crippen LogP contribution in [0.5, 0.6) is 5.75 Å². The summed E-state index contributed by atoms with van der Waals surface area (Å²) in [6, 6.07) is 3.57. The third kappa shape index (κ3) is 1.55. The van der Waals surface area contributed by atoms with Gasteiger partial charge in [-0.1, -0.05) is 0 Å². The Bertz CT molecular complexity index is 517. The topological polar surface area (TPSA) is 47.3 Å². The third-order valence-corrected chi connectivity index (χ3v) is 5.38. The van der Waals surface area contributed by atoms with Gasteiger partial charge in [0, 0.05) is 18.2 Å². The van der Waals surface area contributed by atoms with Gasteiger partial charge in [0.15, 0.2) is 11.6 Å². The third-order valence-electron chi connectivity index (χ3n) is 5.38. The van der Waals surface area contributed by atoms with Crippen LogP contribution in [0.1, 0.15) is 19.3 Å². The van der Waals surface area contributed by atoms with Crippen molar-refractivity contribution in [1.29, 1.82) is 0 Å². The smallest absolute Gasteiger partial charge is 0.167 e. The standard InChI is InChI=1S/C15H19FN2O/c1-19-12-6-11(10(17)5-9(12)16)18-15-13-7-2-3-8(4-7)14(13)15/h5-8,13-15,18H,2-4,17H2,1H3. The second kappa shape index (κ2) is 3.78. The number of hydrogen-bond donors (Lipinski definition) is 2. The fourth-order valence-corrected chi connectivity index (χ4v) is 4.55. The lowest BCUT2D eigenvalue weighted by Gasteiger charge is -2.15. The SMILES string of the molecule is COc1cc(NC2C3C4CCC(C4)C23)c(N)cc1F. The fraction of sp³-hybridized carbons (Fsp3) is 0.600. The first-order valence-electron chi connectivity index (χ1n) is 7.08. The number of halogens is 1. The van der Waals surface area contributed by atoms with Crippen LogP contribution in [-0.4, -0.2) is 13.2 Å². The van der Waals surface area contributed by atoms with Crippen LogP contribution in [-0.2, 0) is 0 Å². The summed E-state index contributed by atoms with van der Waals surface area (Å²) in [7, 11) is 1.48. The van der Waals surface area contributed by atoms with Gasteiger partial charge in [-0.2, -0.15) is 0 Å². The maximum Gasteiger partial charge on any atom is 0.167 e. The lowest BCUT2D eigenvalue weighted by molar-refractivity contribution is 0.387. The van der Waals surface area contributed by atoms with E-state index in [4.69, 9.17) is 10.5 Å². The molecule has 4 atom stereocenters. The molecular weight excluding hydrogens is 243 g/mol. The number of nitrogens with two attached hydrogens (primary N) is 1. The molecular formula is C15H19FN2O. The predicted octanol–water partition coefficient (Wildman–Crippen LogP) is 2.87. The molecule has 4 unspecified atom stereocenters. The number of ether oxygens (including phenoxy) is 1. The quantitative estimate of drug-likeness (QED) is 0.823. The van der Waals surface area contributed by atoms with Gasteiger partial charge in [0.2, 0.25) is 0 Å². The Hall–Kier alpha value is -1.45. The van der Waals surface area contributed by atoms with Gasteiger partial charge in [0.05, 0.1) is 18.5 Å². The molecule has 4 rings (SSSR count). The van der Waals surface area contributed by atoms with Gasteiger partial charge in [0.1, 0.15) is 0 Å². The molecule has 3 saturated carbocycles. The van der Waals surface area contributed by atoms with Gasteiger partial charge >= 0.3 is 0 Å². The molecule has 0 heterocycles. The second-order valence-electron chi connectivity index (χ2n) is 6.23. The van der Waals surface area contributed by atoms with Crippen molar-refractivity contribution >= 4 is 11.4 Å². The number of nitrogens with one attached hydrogen (secondary N) is 1. The zero-order valence-corrected chi connectivity index (χ0v) is 11.0. The molecule has 102 valence electrons. The Morgan fingerprint density at radius 2 is 1.95 bits per heavy atom. The van der Waals surface area contributed by atoms with E-state index in [0.717, 1.165) is 29.4 Å². The largest absolute Gasteiger partial charge is 0.494 e. The number of fused-ring (bicyclic) bond motifs is 5. The molecule has 4 heteroatoms. The van der Waals surface area contributed by atoms with Crippen molar-refractivity contribution in [2.24, 2.45) is 23.7 Å². The fourth-order valence-electron chi connectivity index (χ4n) is 4.55. The average molecular weight is 262 g/mol. The zero-order chi connectivity index (χ0) is 13.1. The van der Waals surface area contributed by atoms with E-state index in [1.807, 2.05) is 0 Å². The number of methoxy groups -OCH3 is 1. The average Bonchev–Trinajstić information content (AvgIpc) is 2.79. The van der Waals surface area contributed by atoms with Crippen molar-refractivity contribution in [3.05, 3.63) is 17.9 Å². The Morgan fingerprint density at radius 3 is 2.58 bits per heavy atom. The van der Waals surface area contributed by atoms with Crippen LogP contribution in [0.2, 0.25) is 0 Å². The van der Waals surface area contributed by atoms with Crippen molar-refractivity contribution in [2.45, 2.75) is 25.3 Å². The minimum atomic E-state index is -0.401. The number of nitrogen functional groups attached to an aromatic ring is 1. The molecule has 3 aliphatic carbocycles. The minimum absolute atomic E-state index is 0.255. The molecule has 19 heavy (non-hydrogen) atoms. The summed E-state index contributed by atoms with van der Waals surface area (Å²) in [5, 5.41) is 3.52. The summed E-state index contributed by atoms with van der Waals surface area (Å²) in [5.41, 5.74) is 7.18. The van der Waals surface area contributed by atoms with E-state index in [-0.39, 0.29) is 5.75 Å². The van der Waals surface area contributed by atoms with E-state index < -0.39 is 5.82 Å². The Balaban J connectivity index is 1.55. The maximum atomic E-state index is 13.5. The normalized spacial score (nSPS) is 38.1. The summed E-state index contributed by atoms with van der Waals surface area (Å²) in [6.07, 6.45) is 4.22. The van der Waals surface area contributed by atoms with Crippen molar-refractivity contribution in [1.82, 2.24) is 0 Å². The lowest BCUT2D eigenvalue weighted by Crippen LogP contribution is -2.14. The monoisotopic (exact) mass is 262 g/mol. The van der Waals surface area contributed by atoms with Crippen molar-refractivity contribution in [3.8, 4) is 5.75 Å². The summed E-state index contributed by atoms with van der Waals surface area (Å²) in [4.78, 5) is 0. The van der Waals surface area contributed by atoms with Crippen LogP contribution in [0.3, 0.4) is 0 Å². The van der Waals surface area contributed by atoms with Crippen LogP contribution in [0.15, 0.2) is 12.1 Å². The minimum Gasteiger partial charge on any atom is -0.494 e. The van der Waals surface area contributed by atoms with Gasteiger partial charge < -0.3 is 15.8 Å². The van der Waals surface area contributed by atoms with Crippen LogP contribution in [0, 0.1) is 29.5 Å². The van der Waals surface area contributed by atoms with E-state index in [2.05, 4.69) is 5.32 Å². The highest BCUT2D eigenvalue weighted by atomic mass is 19.1. The highest BCUT2D eigenvalue weighted by Gasteiger charge is 2.65. The first kappa shape index (κ1) is 11.4. The maximum absolute atomic E-state index is 13.5. The molecule has 0 saturated heterocycles. The number of anilines is 2. The molecule has 3 fully saturated rings. The summed E-state index contributed by atoms with van der Waals surface area (Å²) in [5.74, 6) is 3.34. The molecule has 2 bridgehead atoms. The van der Waals surface area contributed by atoms with E-state index in [0.29, 0.717) is 11.7 Å². The highest BCUT2D eigenvalue weighted by Crippen LogP contribution is 2.66. The Morgan fingerprint density at radius 1 is 1.26 bits per heavy atom. The van der Waals surface area contributed by atoms with Crippen molar-refractivity contribution in [2.75, 3.05) is 18.2 Å². The van der Waals surface area contributed by atoms with Crippen LogP contribution < -0.4 is 15.8 Å². The number of benzene rings is 1. The molecule has 0 radical (unpaired) electrons. The van der Waals surface area contributed by atoms with E-state index in [9.17, 15) is 4.39 Å². The van der Waals surface area contributed by atoms with Crippen LogP contribution in [0.4, 0.5) is 15.8 Å². The Kier molecular flexibility index (Phi) is 2.26. The molecule has 1 aromatic rings. The van der Waals surface area contributed by atoms with Crippen LogP contribution in [0.25, 0.3) is 0 Å². The van der Waals surface area contributed by atoms with E-state index >= 15 is 0 Å².